The Hall–Kier alpha value is -0.450. The molecule has 2 atom stereocenters. The van der Waals surface area contributed by atoms with Gasteiger partial charge in [-0.05, 0) is 20.3 Å². The Labute approximate surface area is 98.5 Å². The molecule has 1 saturated heterocycles. The van der Waals surface area contributed by atoms with Gasteiger partial charge in [-0.25, -0.2) is 0 Å². The third-order valence-electron chi connectivity index (χ3n) is 3.82. The average Bonchev–Trinajstić information content (AvgIpc) is 2.30. The Balaban J connectivity index is 1.86. The minimum atomic E-state index is 0.138. The third-order valence-corrected chi connectivity index (χ3v) is 3.82. The summed E-state index contributed by atoms with van der Waals surface area (Å²) >= 11 is 0. The average molecular weight is 224 g/mol. The van der Waals surface area contributed by atoms with Crippen molar-refractivity contribution >= 4 is 6.21 Å². The fourth-order valence-corrected chi connectivity index (χ4v) is 2.71. The molecular weight excluding hydrogens is 200 g/mol. The molecular formula is C12H24N4. The van der Waals surface area contributed by atoms with Gasteiger partial charge in [-0.3, -0.25) is 14.8 Å². The van der Waals surface area contributed by atoms with Crippen LogP contribution in [-0.2, 0) is 0 Å². The second kappa shape index (κ2) is 5.25. The smallest absolute Gasteiger partial charge is 0.0553 e. The summed E-state index contributed by atoms with van der Waals surface area (Å²) in [4.78, 5) is 9.35. The number of hydrogen-bond acceptors (Lipinski definition) is 4. The Morgan fingerprint density at radius 3 is 2.50 bits per heavy atom. The van der Waals surface area contributed by atoms with E-state index in [4.69, 9.17) is 5.73 Å². The van der Waals surface area contributed by atoms with Crippen molar-refractivity contribution in [2.45, 2.75) is 38.4 Å². The van der Waals surface area contributed by atoms with Crippen LogP contribution in [0.4, 0.5) is 0 Å². The fraction of sp³-hybridized carbons (Fsp3) is 0.917. The highest BCUT2D eigenvalue weighted by Crippen LogP contribution is 2.15. The van der Waals surface area contributed by atoms with Crippen LogP contribution in [0.5, 0.6) is 0 Å². The van der Waals surface area contributed by atoms with Crippen molar-refractivity contribution in [3.63, 3.8) is 0 Å². The van der Waals surface area contributed by atoms with Gasteiger partial charge in [0.15, 0.2) is 0 Å². The lowest BCUT2D eigenvalue weighted by Gasteiger charge is -2.42. The summed E-state index contributed by atoms with van der Waals surface area (Å²) < 4.78 is 0. The summed E-state index contributed by atoms with van der Waals surface area (Å²) in [5, 5.41) is 0. The van der Waals surface area contributed by atoms with E-state index < -0.39 is 0 Å². The highest BCUT2D eigenvalue weighted by atomic mass is 15.3. The lowest BCUT2D eigenvalue weighted by atomic mass is 10.0. The molecule has 4 heteroatoms. The van der Waals surface area contributed by atoms with E-state index in [1.54, 1.807) is 0 Å². The molecule has 2 heterocycles. The number of hydrogen-bond donors (Lipinski definition) is 1. The highest BCUT2D eigenvalue weighted by Gasteiger charge is 2.29. The summed E-state index contributed by atoms with van der Waals surface area (Å²) in [5.74, 6) is 0. The molecule has 2 aliphatic heterocycles. The number of nitrogens with zero attached hydrogens (tertiary/aromatic N) is 3. The van der Waals surface area contributed by atoms with Gasteiger partial charge < -0.3 is 5.73 Å². The first-order chi connectivity index (χ1) is 7.68. The van der Waals surface area contributed by atoms with E-state index in [9.17, 15) is 0 Å². The molecule has 0 saturated carbocycles. The molecule has 2 unspecified atom stereocenters. The standard InChI is InChI=1S/C12H24N4/c1-10(2)15-5-7-16(8-6-15)12-3-4-14-9-11(12)13/h9-12H,3-8,13H2,1-2H3. The van der Waals surface area contributed by atoms with Gasteiger partial charge in [0.05, 0.1) is 6.04 Å². The monoisotopic (exact) mass is 224 g/mol. The maximum atomic E-state index is 6.10. The van der Waals surface area contributed by atoms with Gasteiger partial charge >= 0.3 is 0 Å². The van der Waals surface area contributed by atoms with Gasteiger partial charge in [0.25, 0.3) is 0 Å². The fourth-order valence-electron chi connectivity index (χ4n) is 2.71. The Kier molecular flexibility index (Phi) is 3.95. The van der Waals surface area contributed by atoms with E-state index in [-0.39, 0.29) is 6.04 Å². The molecule has 2 rings (SSSR count). The second-order valence-corrected chi connectivity index (χ2v) is 5.15. The minimum absolute atomic E-state index is 0.138. The molecule has 2 N–H and O–H groups in total. The van der Waals surface area contributed by atoms with Crippen molar-refractivity contribution in [1.29, 1.82) is 0 Å². The van der Waals surface area contributed by atoms with E-state index in [1.165, 1.54) is 13.1 Å². The first-order valence-corrected chi connectivity index (χ1v) is 6.42. The van der Waals surface area contributed by atoms with E-state index >= 15 is 0 Å². The maximum absolute atomic E-state index is 6.10. The van der Waals surface area contributed by atoms with Gasteiger partial charge in [-0.1, -0.05) is 0 Å². The zero-order chi connectivity index (χ0) is 11.5. The number of aliphatic imine (C=N–C) groups is 1. The molecule has 0 spiro atoms. The van der Waals surface area contributed by atoms with E-state index in [0.29, 0.717) is 12.1 Å². The van der Waals surface area contributed by atoms with Crippen LogP contribution in [0.1, 0.15) is 20.3 Å². The zero-order valence-electron chi connectivity index (χ0n) is 10.5. The second-order valence-electron chi connectivity index (χ2n) is 5.15. The normalized spacial score (nSPS) is 33.5. The van der Waals surface area contributed by atoms with Crippen LogP contribution in [0.25, 0.3) is 0 Å². The number of piperazine rings is 1. The summed E-state index contributed by atoms with van der Waals surface area (Å²) in [5.41, 5.74) is 6.10. The molecule has 0 aromatic carbocycles. The largest absolute Gasteiger partial charge is 0.322 e. The van der Waals surface area contributed by atoms with Crippen molar-refractivity contribution in [3.05, 3.63) is 0 Å². The molecule has 0 aromatic heterocycles. The van der Waals surface area contributed by atoms with Gasteiger partial charge in [0.1, 0.15) is 0 Å². The number of nitrogens with two attached hydrogens (primary N) is 1. The first kappa shape index (κ1) is 12.0. The van der Waals surface area contributed by atoms with Crippen molar-refractivity contribution in [1.82, 2.24) is 9.80 Å². The van der Waals surface area contributed by atoms with E-state index in [1.807, 2.05) is 6.21 Å². The van der Waals surface area contributed by atoms with E-state index in [0.717, 1.165) is 26.1 Å². The molecule has 0 aromatic rings. The third kappa shape index (κ3) is 2.62. The van der Waals surface area contributed by atoms with Gasteiger partial charge in [0.2, 0.25) is 0 Å². The molecule has 0 bridgehead atoms. The lowest BCUT2D eigenvalue weighted by Crippen LogP contribution is -2.57. The SMILES string of the molecule is CC(C)N1CCN(C2CCN=CC2N)CC1. The summed E-state index contributed by atoms with van der Waals surface area (Å²) in [7, 11) is 0. The molecule has 2 aliphatic rings. The van der Waals surface area contributed by atoms with Crippen LogP contribution in [0, 0.1) is 0 Å². The highest BCUT2D eigenvalue weighted by molar-refractivity contribution is 5.66. The Bertz CT molecular complexity index is 243. The quantitative estimate of drug-likeness (QED) is 0.728. The van der Waals surface area contributed by atoms with Crippen molar-refractivity contribution in [2.75, 3.05) is 32.7 Å². The minimum Gasteiger partial charge on any atom is -0.322 e. The molecule has 92 valence electrons. The van der Waals surface area contributed by atoms with E-state index in [2.05, 4.69) is 28.6 Å². The Morgan fingerprint density at radius 2 is 1.94 bits per heavy atom. The lowest BCUT2D eigenvalue weighted by molar-refractivity contribution is 0.0723. The molecule has 0 radical (unpaired) electrons. The topological polar surface area (TPSA) is 44.9 Å². The summed E-state index contributed by atoms with van der Waals surface area (Å²) in [6.07, 6.45) is 3.06. The van der Waals surface area contributed by atoms with Crippen LogP contribution >= 0.6 is 0 Å². The van der Waals surface area contributed by atoms with Crippen LogP contribution in [-0.4, -0.2) is 66.9 Å². The van der Waals surface area contributed by atoms with Crippen LogP contribution in [0.15, 0.2) is 4.99 Å². The number of rotatable bonds is 2. The zero-order valence-corrected chi connectivity index (χ0v) is 10.5. The predicted molar refractivity (Wildman–Crippen MR) is 68.0 cm³/mol. The molecule has 16 heavy (non-hydrogen) atoms. The Morgan fingerprint density at radius 1 is 1.25 bits per heavy atom. The maximum Gasteiger partial charge on any atom is 0.0553 e. The summed E-state index contributed by atoms with van der Waals surface area (Å²) in [6, 6.07) is 1.33. The van der Waals surface area contributed by atoms with Crippen LogP contribution in [0.2, 0.25) is 0 Å². The molecule has 1 fully saturated rings. The molecule has 4 nitrogen and oxygen atoms in total. The molecule has 0 aliphatic carbocycles. The van der Waals surface area contributed by atoms with Gasteiger partial charge in [-0.2, -0.15) is 0 Å². The van der Waals surface area contributed by atoms with Gasteiger partial charge in [0, 0.05) is 51.0 Å². The summed E-state index contributed by atoms with van der Waals surface area (Å²) in [6.45, 7) is 10.2. The predicted octanol–water partition coefficient (Wildman–Crippen LogP) is 0.183. The van der Waals surface area contributed by atoms with Gasteiger partial charge in [-0.15, -0.1) is 0 Å². The molecule has 0 amide bonds. The van der Waals surface area contributed by atoms with Crippen molar-refractivity contribution in [2.24, 2.45) is 10.7 Å². The van der Waals surface area contributed by atoms with Crippen LogP contribution < -0.4 is 5.73 Å². The van der Waals surface area contributed by atoms with Crippen molar-refractivity contribution in [3.8, 4) is 0 Å². The first-order valence-electron chi connectivity index (χ1n) is 6.42. The van der Waals surface area contributed by atoms with Crippen LogP contribution in [0.3, 0.4) is 0 Å². The van der Waals surface area contributed by atoms with Crippen molar-refractivity contribution < 1.29 is 0 Å².